The van der Waals surface area contributed by atoms with Gasteiger partial charge >= 0.3 is 6.03 Å². The van der Waals surface area contributed by atoms with Crippen LogP contribution in [-0.2, 0) is 10.0 Å². The molecule has 22 heavy (non-hydrogen) atoms. The van der Waals surface area contributed by atoms with E-state index >= 15 is 0 Å². The average Bonchev–Trinajstić information content (AvgIpc) is 2.41. The lowest BCUT2D eigenvalue weighted by atomic mass is 10.1. The Labute approximate surface area is 135 Å². The first-order valence-electron chi connectivity index (χ1n) is 7.04. The third-order valence-corrected chi connectivity index (χ3v) is 5.13. The van der Waals surface area contributed by atoms with Crippen molar-refractivity contribution < 1.29 is 13.2 Å². The molecule has 0 aromatic heterocycles. The highest BCUT2D eigenvalue weighted by molar-refractivity contribution is 7.88. The van der Waals surface area contributed by atoms with E-state index in [1.54, 1.807) is 18.2 Å². The number of nitrogens with one attached hydrogen (secondary N) is 2. The number of halogens is 1. The lowest BCUT2D eigenvalue weighted by Gasteiger charge is -2.31. The molecule has 0 spiro atoms. The van der Waals surface area contributed by atoms with Gasteiger partial charge in [-0.25, -0.2) is 17.5 Å². The molecule has 0 radical (unpaired) electrons. The van der Waals surface area contributed by atoms with Gasteiger partial charge in [0.05, 0.1) is 6.26 Å². The summed E-state index contributed by atoms with van der Waals surface area (Å²) in [5.41, 5.74) is 1.54. The van der Waals surface area contributed by atoms with Gasteiger partial charge in [-0.3, -0.25) is 0 Å². The number of carbonyl (C=O) groups is 1. The summed E-state index contributed by atoms with van der Waals surface area (Å²) in [7, 11) is -3.22. The zero-order valence-corrected chi connectivity index (χ0v) is 14.2. The molecule has 1 unspecified atom stereocenters. The zero-order valence-electron chi connectivity index (χ0n) is 12.6. The molecule has 1 fully saturated rings. The van der Waals surface area contributed by atoms with E-state index in [4.69, 9.17) is 11.6 Å². The van der Waals surface area contributed by atoms with Crippen LogP contribution in [0.4, 0.5) is 10.5 Å². The fourth-order valence-corrected chi connectivity index (χ4v) is 3.61. The van der Waals surface area contributed by atoms with Crippen LogP contribution in [0.15, 0.2) is 18.2 Å². The smallest absolute Gasteiger partial charge is 0.319 e. The van der Waals surface area contributed by atoms with Crippen LogP contribution in [0.3, 0.4) is 0 Å². The molecule has 0 bridgehead atoms. The second kappa shape index (κ2) is 6.85. The first-order valence-corrected chi connectivity index (χ1v) is 9.27. The Morgan fingerprint density at radius 1 is 1.41 bits per heavy atom. The third kappa shape index (κ3) is 4.59. The number of aryl methyl sites for hydroxylation is 1. The molecular formula is C14H20ClN3O3S. The second-order valence-electron chi connectivity index (χ2n) is 5.52. The van der Waals surface area contributed by atoms with E-state index in [1.807, 2.05) is 6.92 Å². The topological polar surface area (TPSA) is 78.5 Å². The molecule has 2 rings (SSSR count). The van der Waals surface area contributed by atoms with E-state index in [0.717, 1.165) is 18.4 Å². The number of benzene rings is 1. The van der Waals surface area contributed by atoms with Gasteiger partial charge in [0.2, 0.25) is 10.0 Å². The van der Waals surface area contributed by atoms with Crippen molar-refractivity contribution in [3.63, 3.8) is 0 Å². The highest BCUT2D eigenvalue weighted by Crippen LogP contribution is 2.19. The van der Waals surface area contributed by atoms with E-state index < -0.39 is 10.0 Å². The summed E-state index contributed by atoms with van der Waals surface area (Å²) in [5.74, 6) is 0. The van der Waals surface area contributed by atoms with E-state index in [9.17, 15) is 13.2 Å². The van der Waals surface area contributed by atoms with Gasteiger partial charge in [-0.2, -0.15) is 0 Å². The normalized spacial score (nSPS) is 19.7. The second-order valence-corrected chi connectivity index (χ2v) is 7.94. The van der Waals surface area contributed by atoms with Crippen molar-refractivity contribution in [1.29, 1.82) is 0 Å². The third-order valence-electron chi connectivity index (χ3n) is 3.63. The lowest BCUT2D eigenvalue weighted by molar-refractivity contribution is 0.236. The van der Waals surface area contributed by atoms with Crippen molar-refractivity contribution in [2.45, 2.75) is 25.8 Å². The molecule has 1 aliphatic rings. The van der Waals surface area contributed by atoms with Crippen molar-refractivity contribution >= 4 is 33.3 Å². The van der Waals surface area contributed by atoms with Crippen LogP contribution in [0.25, 0.3) is 0 Å². The molecule has 122 valence electrons. The maximum Gasteiger partial charge on any atom is 0.319 e. The van der Waals surface area contributed by atoms with Gasteiger partial charge in [0.25, 0.3) is 0 Å². The maximum absolute atomic E-state index is 12.1. The van der Waals surface area contributed by atoms with Crippen LogP contribution in [0, 0.1) is 6.92 Å². The number of anilines is 1. The van der Waals surface area contributed by atoms with E-state index in [2.05, 4.69) is 10.6 Å². The molecule has 8 heteroatoms. The molecule has 1 aliphatic heterocycles. The molecular weight excluding hydrogens is 326 g/mol. The minimum absolute atomic E-state index is 0.184. The van der Waals surface area contributed by atoms with E-state index in [-0.39, 0.29) is 12.1 Å². The number of rotatable bonds is 3. The number of carbonyl (C=O) groups excluding carboxylic acids is 1. The summed E-state index contributed by atoms with van der Waals surface area (Å²) in [6.07, 6.45) is 2.68. The van der Waals surface area contributed by atoms with E-state index in [1.165, 1.54) is 10.6 Å². The number of hydrogen-bond acceptors (Lipinski definition) is 3. The van der Waals surface area contributed by atoms with Crippen LogP contribution in [0.2, 0.25) is 5.02 Å². The minimum atomic E-state index is -3.22. The SMILES string of the molecule is Cc1cc(Cl)ccc1NC(=O)NC1CCCN(S(C)(=O)=O)C1. The van der Waals surface area contributed by atoms with Crippen LogP contribution in [-0.4, -0.2) is 44.1 Å². The summed E-state index contributed by atoms with van der Waals surface area (Å²) >= 11 is 5.88. The van der Waals surface area contributed by atoms with E-state index in [0.29, 0.717) is 23.8 Å². The highest BCUT2D eigenvalue weighted by atomic mass is 35.5. The Balaban J connectivity index is 1.94. The van der Waals surface area contributed by atoms with Gasteiger partial charge in [-0.15, -0.1) is 0 Å². The van der Waals surface area contributed by atoms with Crippen LogP contribution in [0.5, 0.6) is 0 Å². The molecule has 1 saturated heterocycles. The van der Waals surface area contributed by atoms with Gasteiger partial charge in [0.1, 0.15) is 0 Å². The summed E-state index contributed by atoms with van der Waals surface area (Å²) in [4.78, 5) is 12.1. The van der Waals surface area contributed by atoms with Crippen molar-refractivity contribution in [1.82, 2.24) is 9.62 Å². The summed E-state index contributed by atoms with van der Waals surface area (Å²) in [6, 6.07) is 4.68. The standard InChI is InChI=1S/C14H20ClN3O3S/c1-10-8-11(15)5-6-13(10)17-14(19)16-12-4-3-7-18(9-12)22(2,20)21/h5-6,8,12H,3-4,7,9H2,1-2H3,(H2,16,17,19). The van der Waals surface area contributed by atoms with Crippen LogP contribution in [0.1, 0.15) is 18.4 Å². The molecule has 1 aromatic carbocycles. The van der Waals surface area contributed by atoms with Gasteiger partial charge < -0.3 is 10.6 Å². The molecule has 1 atom stereocenters. The monoisotopic (exact) mass is 345 g/mol. The molecule has 0 aliphatic carbocycles. The first kappa shape index (κ1) is 17.1. The number of hydrogen-bond donors (Lipinski definition) is 2. The van der Waals surface area contributed by atoms with Crippen molar-refractivity contribution in [2.75, 3.05) is 24.7 Å². The number of amides is 2. The Bertz CT molecular complexity index is 663. The Morgan fingerprint density at radius 3 is 2.77 bits per heavy atom. The van der Waals surface area contributed by atoms with Crippen LogP contribution < -0.4 is 10.6 Å². The fraction of sp³-hybridized carbons (Fsp3) is 0.500. The predicted molar refractivity (Wildman–Crippen MR) is 87.8 cm³/mol. The fourth-order valence-electron chi connectivity index (χ4n) is 2.47. The van der Waals surface area contributed by atoms with Gasteiger partial charge in [-0.1, -0.05) is 11.6 Å². The maximum atomic E-state index is 12.1. The van der Waals surface area contributed by atoms with Gasteiger partial charge in [0.15, 0.2) is 0 Å². The van der Waals surface area contributed by atoms with Crippen molar-refractivity contribution in [3.05, 3.63) is 28.8 Å². The highest BCUT2D eigenvalue weighted by Gasteiger charge is 2.26. The number of sulfonamides is 1. The Kier molecular flexibility index (Phi) is 5.31. The van der Waals surface area contributed by atoms with Crippen molar-refractivity contribution in [2.24, 2.45) is 0 Å². The Hall–Kier alpha value is -1.31. The summed E-state index contributed by atoms with van der Waals surface area (Å²) in [5, 5.41) is 6.19. The predicted octanol–water partition coefficient (Wildman–Crippen LogP) is 2.19. The number of urea groups is 1. The minimum Gasteiger partial charge on any atom is -0.334 e. The average molecular weight is 346 g/mol. The summed E-state index contributed by atoms with van der Waals surface area (Å²) in [6.45, 7) is 2.67. The molecule has 0 saturated carbocycles. The molecule has 6 nitrogen and oxygen atoms in total. The molecule has 2 N–H and O–H groups in total. The quantitative estimate of drug-likeness (QED) is 0.881. The largest absolute Gasteiger partial charge is 0.334 e. The van der Waals surface area contributed by atoms with Gasteiger partial charge in [0, 0.05) is 29.8 Å². The molecule has 1 heterocycles. The van der Waals surface area contributed by atoms with Crippen molar-refractivity contribution in [3.8, 4) is 0 Å². The zero-order chi connectivity index (χ0) is 16.3. The first-order chi connectivity index (χ1) is 10.3. The number of piperidine rings is 1. The van der Waals surface area contributed by atoms with Gasteiger partial charge in [-0.05, 0) is 43.5 Å². The Morgan fingerprint density at radius 2 is 2.14 bits per heavy atom. The lowest BCUT2D eigenvalue weighted by Crippen LogP contribution is -2.50. The molecule has 1 aromatic rings. The summed E-state index contributed by atoms with van der Waals surface area (Å²) < 4.78 is 24.5. The number of nitrogens with zero attached hydrogens (tertiary/aromatic N) is 1. The molecule has 2 amide bonds. The van der Waals surface area contributed by atoms with Crippen LogP contribution >= 0.6 is 11.6 Å².